The van der Waals surface area contributed by atoms with Gasteiger partial charge in [0.1, 0.15) is 5.75 Å². The Bertz CT molecular complexity index is 811. The molecule has 0 saturated heterocycles. The Labute approximate surface area is 167 Å². The first-order valence-corrected chi connectivity index (χ1v) is 9.65. The van der Waals surface area contributed by atoms with Gasteiger partial charge in [-0.25, -0.2) is 0 Å². The number of carbonyl (C=O) groups excluding carboxylic acids is 2. The molecule has 2 amide bonds. The van der Waals surface area contributed by atoms with Crippen molar-refractivity contribution in [3.05, 3.63) is 59.7 Å². The van der Waals surface area contributed by atoms with Gasteiger partial charge in [0, 0.05) is 17.3 Å². The van der Waals surface area contributed by atoms with Gasteiger partial charge in [-0.15, -0.1) is 0 Å². The molecule has 0 aliphatic rings. The van der Waals surface area contributed by atoms with E-state index in [-0.39, 0.29) is 29.9 Å². The van der Waals surface area contributed by atoms with Gasteiger partial charge in [-0.2, -0.15) is 0 Å². The largest absolute Gasteiger partial charge is 0.484 e. The molecule has 0 unspecified atom stereocenters. The van der Waals surface area contributed by atoms with Crippen LogP contribution in [0.25, 0.3) is 0 Å². The Kier molecular flexibility index (Phi) is 7.21. The molecule has 0 aliphatic heterocycles. The topological polar surface area (TPSA) is 67.4 Å². The number of hydrogen-bond donors (Lipinski definition) is 2. The molecule has 0 aliphatic carbocycles. The second kappa shape index (κ2) is 9.40. The Morgan fingerprint density at radius 2 is 1.75 bits per heavy atom. The zero-order valence-corrected chi connectivity index (χ0v) is 17.3. The fourth-order valence-electron chi connectivity index (χ4n) is 2.64. The number of amides is 2. The summed E-state index contributed by atoms with van der Waals surface area (Å²) in [7, 11) is 0. The van der Waals surface area contributed by atoms with Crippen LogP contribution in [0, 0.1) is 0 Å². The van der Waals surface area contributed by atoms with Gasteiger partial charge < -0.3 is 15.4 Å². The Morgan fingerprint density at radius 1 is 1.07 bits per heavy atom. The quantitative estimate of drug-likeness (QED) is 0.705. The summed E-state index contributed by atoms with van der Waals surface area (Å²) >= 11 is 0. The third kappa shape index (κ3) is 6.12. The van der Waals surface area contributed by atoms with Crippen molar-refractivity contribution in [3.8, 4) is 5.75 Å². The van der Waals surface area contributed by atoms with Crippen molar-refractivity contribution >= 4 is 17.5 Å². The average molecular weight is 383 g/mol. The van der Waals surface area contributed by atoms with Crippen molar-refractivity contribution in [1.82, 2.24) is 5.32 Å². The highest BCUT2D eigenvalue weighted by Gasteiger charge is 2.17. The maximum atomic E-state index is 12.2. The third-order valence-electron chi connectivity index (χ3n) is 4.72. The summed E-state index contributed by atoms with van der Waals surface area (Å²) in [5.74, 6) is 0.202. The molecular formula is C23H30N2O3. The summed E-state index contributed by atoms with van der Waals surface area (Å²) in [4.78, 5) is 24.3. The van der Waals surface area contributed by atoms with Gasteiger partial charge >= 0.3 is 0 Å². The van der Waals surface area contributed by atoms with E-state index >= 15 is 0 Å². The Balaban J connectivity index is 1.91. The molecule has 2 N–H and O–H groups in total. The van der Waals surface area contributed by atoms with Gasteiger partial charge in [0.2, 0.25) is 0 Å². The first-order valence-electron chi connectivity index (χ1n) is 9.65. The van der Waals surface area contributed by atoms with Crippen LogP contribution in [0.1, 0.15) is 57.0 Å². The van der Waals surface area contributed by atoms with Crippen molar-refractivity contribution in [2.24, 2.45) is 0 Å². The molecule has 0 spiro atoms. The fraction of sp³-hybridized carbons (Fsp3) is 0.391. The van der Waals surface area contributed by atoms with Crippen molar-refractivity contribution in [1.29, 1.82) is 0 Å². The lowest BCUT2D eigenvalue weighted by Crippen LogP contribution is -2.30. The van der Waals surface area contributed by atoms with E-state index in [4.69, 9.17) is 4.74 Å². The summed E-state index contributed by atoms with van der Waals surface area (Å²) in [5.41, 5.74) is 2.41. The Hall–Kier alpha value is -2.82. The maximum absolute atomic E-state index is 12.2. The second-order valence-electron chi connectivity index (χ2n) is 7.81. The van der Waals surface area contributed by atoms with E-state index in [0.29, 0.717) is 17.0 Å². The number of ether oxygens (including phenoxy) is 1. The van der Waals surface area contributed by atoms with E-state index in [0.717, 1.165) is 6.42 Å². The zero-order valence-electron chi connectivity index (χ0n) is 17.3. The van der Waals surface area contributed by atoms with E-state index in [1.165, 1.54) is 5.56 Å². The molecule has 0 radical (unpaired) electrons. The van der Waals surface area contributed by atoms with Gasteiger partial charge in [0.25, 0.3) is 11.8 Å². The molecule has 2 rings (SSSR count). The first kappa shape index (κ1) is 21.5. The summed E-state index contributed by atoms with van der Waals surface area (Å²) in [6.45, 7) is 10.3. The molecule has 0 atom stereocenters. The van der Waals surface area contributed by atoms with E-state index in [1.54, 1.807) is 24.3 Å². The van der Waals surface area contributed by atoms with Crippen LogP contribution in [0.3, 0.4) is 0 Å². The standard InChI is InChI=1S/C23H30N2O3/c1-6-23(4,5)18-10-12-20(13-11-18)28-15-21(26)25-19-9-7-8-17(14-19)22(27)24-16(2)3/h7-14,16H,6,15H2,1-5H3,(H,24,27)(H,25,26). The SMILES string of the molecule is CCC(C)(C)c1ccc(OCC(=O)Nc2cccc(C(=O)NC(C)C)c2)cc1. The number of rotatable bonds is 8. The highest BCUT2D eigenvalue weighted by molar-refractivity contribution is 5.97. The second-order valence-corrected chi connectivity index (χ2v) is 7.81. The lowest BCUT2D eigenvalue weighted by atomic mass is 9.82. The summed E-state index contributed by atoms with van der Waals surface area (Å²) in [6.07, 6.45) is 1.05. The number of carbonyl (C=O) groups is 2. The van der Waals surface area contributed by atoms with Crippen LogP contribution in [0.4, 0.5) is 5.69 Å². The van der Waals surface area contributed by atoms with Gasteiger partial charge in [-0.05, 0) is 61.6 Å². The molecule has 0 fully saturated rings. The van der Waals surface area contributed by atoms with Crippen LogP contribution in [-0.4, -0.2) is 24.5 Å². The highest BCUT2D eigenvalue weighted by atomic mass is 16.5. The predicted octanol–water partition coefficient (Wildman–Crippen LogP) is 4.53. The fourth-order valence-corrected chi connectivity index (χ4v) is 2.64. The average Bonchev–Trinajstić information content (AvgIpc) is 2.66. The summed E-state index contributed by atoms with van der Waals surface area (Å²) in [6, 6.07) is 14.7. The number of hydrogen-bond acceptors (Lipinski definition) is 3. The number of nitrogens with one attached hydrogen (secondary N) is 2. The molecule has 0 heterocycles. The summed E-state index contributed by atoms with van der Waals surface area (Å²) in [5, 5.41) is 5.59. The molecule has 0 saturated carbocycles. The molecule has 5 heteroatoms. The molecular weight excluding hydrogens is 352 g/mol. The minimum absolute atomic E-state index is 0.0495. The molecule has 28 heavy (non-hydrogen) atoms. The van der Waals surface area contributed by atoms with Crippen LogP contribution in [0.5, 0.6) is 5.75 Å². The number of anilines is 1. The van der Waals surface area contributed by atoms with Crippen molar-refractivity contribution in [3.63, 3.8) is 0 Å². The zero-order chi connectivity index (χ0) is 20.7. The lowest BCUT2D eigenvalue weighted by Gasteiger charge is -2.23. The van der Waals surface area contributed by atoms with Gasteiger partial charge in [0.05, 0.1) is 0 Å². The normalized spacial score (nSPS) is 11.2. The van der Waals surface area contributed by atoms with Crippen molar-refractivity contribution < 1.29 is 14.3 Å². The summed E-state index contributed by atoms with van der Waals surface area (Å²) < 4.78 is 5.58. The number of benzene rings is 2. The van der Waals surface area contributed by atoms with Crippen LogP contribution >= 0.6 is 0 Å². The smallest absolute Gasteiger partial charge is 0.262 e. The van der Waals surface area contributed by atoms with E-state index in [1.807, 2.05) is 38.1 Å². The molecule has 0 aromatic heterocycles. The van der Waals surface area contributed by atoms with Crippen LogP contribution in [0.15, 0.2) is 48.5 Å². The van der Waals surface area contributed by atoms with Crippen LogP contribution < -0.4 is 15.4 Å². The highest BCUT2D eigenvalue weighted by Crippen LogP contribution is 2.28. The monoisotopic (exact) mass is 382 g/mol. The van der Waals surface area contributed by atoms with Gasteiger partial charge in [0.15, 0.2) is 6.61 Å². The molecule has 0 bridgehead atoms. The van der Waals surface area contributed by atoms with Gasteiger partial charge in [-0.3, -0.25) is 9.59 Å². The molecule has 2 aromatic carbocycles. The maximum Gasteiger partial charge on any atom is 0.262 e. The van der Waals surface area contributed by atoms with E-state index in [2.05, 4.69) is 31.4 Å². The minimum atomic E-state index is -0.278. The molecule has 2 aromatic rings. The van der Waals surface area contributed by atoms with E-state index in [9.17, 15) is 9.59 Å². The minimum Gasteiger partial charge on any atom is -0.484 e. The van der Waals surface area contributed by atoms with Crippen LogP contribution in [-0.2, 0) is 10.2 Å². The third-order valence-corrected chi connectivity index (χ3v) is 4.72. The van der Waals surface area contributed by atoms with Crippen molar-refractivity contribution in [2.45, 2.75) is 52.5 Å². The molecule has 150 valence electrons. The predicted molar refractivity (Wildman–Crippen MR) is 113 cm³/mol. The first-order chi connectivity index (χ1) is 13.2. The van der Waals surface area contributed by atoms with E-state index < -0.39 is 0 Å². The Morgan fingerprint density at radius 3 is 2.36 bits per heavy atom. The van der Waals surface area contributed by atoms with Crippen molar-refractivity contribution in [2.75, 3.05) is 11.9 Å². The molecule has 5 nitrogen and oxygen atoms in total. The lowest BCUT2D eigenvalue weighted by molar-refractivity contribution is -0.118. The van der Waals surface area contributed by atoms with Gasteiger partial charge in [-0.1, -0.05) is 39.0 Å². The van der Waals surface area contributed by atoms with Crippen LogP contribution in [0.2, 0.25) is 0 Å².